The Morgan fingerprint density at radius 3 is 2.53 bits per heavy atom. The monoisotopic (exact) mass is 277 g/mol. The third-order valence-electron chi connectivity index (χ3n) is 2.94. The van der Waals surface area contributed by atoms with Crippen LogP contribution in [0.3, 0.4) is 0 Å². The molecule has 0 amide bonds. The Hall–Kier alpha value is -1.33. The summed E-state index contributed by atoms with van der Waals surface area (Å²) >= 11 is 1.81. The van der Waals surface area contributed by atoms with Crippen LogP contribution in [-0.4, -0.2) is 22.4 Å². The number of nitrogens with zero attached hydrogens (tertiary/aromatic N) is 2. The summed E-state index contributed by atoms with van der Waals surface area (Å²) < 4.78 is 5.31. The summed E-state index contributed by atoms with van der Waals surface area (Å²) in [6.45, 7) is 6.59. The molecule has 0 aliphatic heterocycles. The highest BCUT2D eigenvalue weighted by molar-refractivity contribution is 7.99. The fourth-order valence-electron chi connectivity index (χ4n) is 1.57. The minimum absolute atomic E-state index is 0.288. The predicted octanol–water partition coefficient (Wildman–Crippen LogP) is 3.08. The molecule has 0 fully saturated rings. The Balaban J connectivity index is 2.23. The van der Waals surface area contributed by atoms with E-state index in [0.29, 0.717) is 18.3 Å². The van der Waals surface area contributed by atoms with Crippen molar-refractivity contribution in [3.8, 4) is 11.4 Å². The van der Waals surface area contributed by atoms with Crippen molar-refractivity contribution in [3.05, 3.63) is 30.2 Å². The Labute approximate surface area is 117 Å². The number of aromatic nitrogens is 2. The van der Waals surface area contributed by atoms with Crippen LogP contribution >= 0.6 is 11.8 Å². The molecule has 2 aromatic rings. The second-order valence-corrected chi connectivity index (χ2v) is 6.31. The number of nitrogens with two attached hydrogens (primary N) is 1. The van der Waals surface area contributed by atoms with E-state index in [9.17, 15) is 0 Å². The molecule has 4 nitrogen and oxygen atoms in total. The van der Waals surface area contributed by atoms with Gasteiger partial charge in [-0.3, -0.25) is 0 Å². The zero-order chi connectivity index (χ0) is 13.9. The first-order valence-corrected chi connectivity index (χ1v) is 7.33. The normalized spacial score (nSPS) is 11.8. The van der Waals surface area contributed by atoms with Crippen LogP contribution in [0.25, 0.3) is 11.4 Å². The van der Waals surface area contributed by atoms with Gasteiger partial charge in [0.15, 0.2) is 0 Å². The molecule has 0 spiro atoms. The summed E-state index contributed by atoms with van der Waals surface area (Å²) in [5.74, 6) is 2.26. The van der Waals surface area contributed by atoms with Crippen molar-refractivity contribution in [1.82, 2.24) is 10.1 Å². The van der Waals surface area contributed by atoms with Crippen molar-refractivity contribution in [1.29, 1.82) is 0 Å². The van der Waals surface area contributed by atoms with Gasteiger partial charge in [-0.1, -0.05) is 12.1 Å². The van der Waals surface area contributed by atoms with Crippen molar-refractivity contribution in [3.63, 3.8) is 0 Å². The molecule has 1 aromatic heterocycles. The summed E-state index contributed by atoms with van der Waals surface area (Å²) in [6, 6.07) is 8.19. The molecule has 0 radical (unpaired) electrons. The van der Waals surface area contributed by atoms with Crippen molar-refractivity contribution >= 4 is 11.8 Å². The smallest absolute Gasteiger partial charge is 0.233 e. The standard InChI is InChI=1S/C14H19N3OS/c1-4-19-11-7-5-10(6-8-11)12-16-13(18-17-12)14(2,3)9-15/h5-8H,4,9,15H2,1-3H3. The van der Waals surface area contributed by atoms with Gasteiger partial charge in [0.05, 0.1) is 5.41 Å². The minimum atomic E-state index is -0.288. The molecule has 0 atom stereocenters. The lowest BCUT2D eigenvalue weighted by Gasteiger charge is -2.15. The maximum atomic E-state index is 5.71. The van der Waals surface area contributed by atoms with Crippen molar-refractivity contribution in [2.24, 2.45) is 5.73 Å². The highest BCUT2D eigenvalue weighted by Crippen LogP contribution is 2.25. The molecule has 0 saturated heterocycles. The Bertz CT molecular complexity index is 534. The van der Waals surface area contributed by atoms with Gasteiger partial charge in [0.2, 0.25) is 11.7 Å². The highest BCUT2D eigenvalue weighted by atomic mass is 32.2. The Kier molecular flexibility index (Phi) is 4.27. The summed E-state index contributed by atoms with van der Waals surface area (Å²) in [5, 5.41) is 4.03. The van der Waals surface area contributed by atoms with E-state index in [4.69, 9.17) is 10.3 Å². The first kappa shape index (κ1) is 14.1. The molecule has 0 aliphatic rings. The fourth-order valence-corrected chi connectivity index (χ4v) is 2.23. The van der Waals surface area contributed by atoms with E-state index >= 15 is 0 Å². The number of thioether (sulfide) groups is 1. The molecule has 2 N–H and O–H groups in total. The van der Waals surface area contributed by atoms with Crippen LogP contribution in [0.4, 0.5) is 0 Å². The minimum Gasteiger partial charge on any atom is -0.338 e. The van der Waals surface area contributed by atoms with Gasteiger partial charge < -0.3 is 10.3 Å². The van der Waals surface area contributed by atoms with E-state index in [0.717, 1.165) is 11.3 Å². The molecule has 0 unspecified atom stereocenters. The first-order chi connectivity index (χ1) is 9.06. The van der Waals surface area contributed by atoms with Crippen LogP contribution in [-0.2, 0) is 5.41 Å². The Morgan fingerprint density at radius 2 is 1.95 bits per heavy atom. The summed E-state index contributed by atoms with van der Waals surface area (Å²) in [7, 11) is 0. The van der Waals surface area contributed by atoms with Gasteiger partial charge in [-0.15, -0.1) is 11.8 Å². The number of benzene rings is 1. The zero-order valence-corrected chi connectivity index (χ0v) is 12.3. The lowest BCUT2D eigenvalue weighted by atomic mass is 9.94. The van der Waals surface area contributed by atoms with E-state index in [2.05, 4.69) is 29.2 Å². The largest absolute Gasteiger partial charge is 0.338 e. The van der Waals surface area contributed by atoms with Gasteiger partial charge >= 0.3 is 0 Å². The van der Waals surface area contributed by atoms with E-state index in [1.807, 2.05) is 37.7 Å². The van der Waals surface area contributed by atoms with Crippen molar-refractivity contribution in [2.75, 3.05) is 12.3 Å². The number of rotatable bonds is 5. The average molecular weight is 277 g/mol. The van der Waals surface area contributed by atoms with Gasteiger partial charge in [-0.2, -0.15) is 4.98 Å². The average Bonchev–Trinajstić information content (AvgIpc) is 2.90. The highest BCUT2D eigenvalue weighted by Gasteiger charge is 2.26. The van der Waals surface area contributed by atoms with Crippen molar-refractivity contribution in [2.45, 2.75) is 31.1 Å². The molecule has 5 heteroatoms. The molecule has 2 rings (SSSR count). The maximum absolute atomic E-state index is 5.71. The van der Waals surface area contributed by atoms with Crippen LogP contribution in [0.5, 0.6) is 0 Å². The van der Waals surface area contributed by atoms with Crippen LogP contribution in [0.15, 0.2) is 33.7 Å². The third-order valence-corrected chi connectivity index (χ3v) is 3.83. The lowest BCUT2D eigenvalue weighted by Crippen LogP contribution is -2.28. The van der Waals surface area contributed by atoms with E-state index in [1.54, 1.807) is 0 Å². The number of hydrogen-bond donors (Lipinski definition) is 1. The summed E-state index contributed by atoms with van der Waals surface area (Å²) in [6.07, 6.45) is 0. The molecule has 0 saturated carbocycles. The van der Waals surface area contributed by atoms with Gasteiger partial charge in [0, 0.05) is 17.0 Å². The van der Waals surface area contributed by atoms with Crippen LogP contribution in [0.2, 0.25) is 0 Å². The molecule has 1 aromatic carbocycles. The van der Waals surface area contributed by atoms with E-state index in [-0.39, 0.29) is 5.41 Å². The molecule has 1 heterocycles. The fraction of sp³-hybridized carbons (Fsp3) is 0.429. The molecule has 19 heavy (non-hydrogen) atoms. The maximum Gasteiger partial charge on any atom is 0.233 e. The predicted molar refractivity (Wildman–Crippen MR) is 78.2 cm³/mol. The molecule has 0 aliphatic carbocycles. The van der Waals surface area contributed by atoms with Crippen LogP contribution < -0.4 is 5.73 Å². The third kappa shape index (κ3) is 3.16. The van der Waals surface area contributed by atoms with E-state index in [1.165, 1.54) is 4.90 Å². The van der Waals surface area contributed by atoms with Crippen molar-refractivity contribution < 1.29 is 4.52 Å². The second-order valence-electron chi connectivity index (χ2n) is 4.97. The van der Waals surface area contributed by atoms with Gasteiger partial charge in [-0.05, 0) is 43.9 Å². The second kappa shape index (κ2) is 5.75. The quantitative estimate of drug-likeness (QED) is 0.851. The lowest BCUT2D eigenvalue weighted by molar-refractivity contribution is 0.311. The van der Waals surface area contributed by atoms with Crippen LogP contribution in [0.1, 0.15) is 26.7 Å². The van der Waals surface area contributed by atoms with E-state index < -0.39 is 0 Å². The molecule has 0 bridgehead atoms. The zero-order valence-electron chi connectivity index (χ0n) is 11.5. The molecular weight excluding hydrogens is 258 g/mol. The van der Waals surface area contributed by atoms with Gasteiger partial charge in [0.1, 0.15) is 0 Å². The Morgan fingerprint density at radius 1 is 1.26 bits per heavy atom. The van der Waals surface area contributed by atoms with Gasteiger partial charge in [-0.25, -0.2) is 0 Å². The summed E-state index contributed by atoms with van der Waals surface area (Å²) in [5.41, 5.74) is 6.38. The topological polar surface area (TPSA) is 64.9 Å². The van der Waals surface area contributed by atoms with Gasteiger partial charge in [0.25, 0.3) is 0 Å². The SMILES string of the molecule is CCSc1ccc(-c2noc(C(C)(C)CN)n2)cc1. The van der Waals surface area contributed by atoms with Crippen LogP contribution in [0, 0.1) is 0 Å². The first-order valence-electron chi connectivity index (χ1n) is 6.34. The number of hydrogen-bond acceptors (Lipinski definition) is 5. The summed E-state index contributed by atoms with van der Waals surface area (Å²) in [4.78, 5) is 5.68. The molecular formula is C14H19N3OS. The molecule has 102 valence electrons.